The van der Waals surface area contributed by atoms with Crippen molar-refractivity contribution in [1.29, 1.82) is 0 Å². The third-order valence-electron chi connectivity index (χ3n) is 5.73. The smallest absolute Gasteiger partial charge is 0.228 e. The van der Waals surface area contributed by atoms with Gasteiger partial charge < -0.3 is 0 Å². The zero-order chi connectivity index (χ0) is 19.8. The number of allylic oxidation sites excluding steroid dienone is 1. The maximum Gasteiger partial charge on any atom is 0.228 e. The lowest BCUT2D eigenvalue weighted by molar-refractivity contribution is 0.520. The normalized spacial score (nSPS) is 11.0. The zero-order valence-corrected chi connectivity index (χ0v) is 18.7. The van der Waals surface area contributed by atoms with Crippen LogP contribution in [0.2, 0.25) is 0 Å². The Morgan fingerprint density at radius 3 is 1.04 bits per heavy atom. The molecule has 1 nitrogen and oxygen atoms in total. The quantitative estimate of drug-likeness (QED) is 0.128. The fourth-order valence-corrected chi connectivity index (χ4v) is 3.82. The molecule has 0 spiro atoms. The van der Waals surface area contributed by atoms with Crippen LogP contribution in [0.1, 0.15) is 148 Å². The summed E-state index contributed by atoms with van der Waals surface area (Å²) in [5, 5.41) is 0. The first kappa shape index (κ1) is 26.4. The van der Waals surface area contributed by atoms with Crippen LogP contribution < -0.4 is 0 Å². The van der Waals surface area contributed by atoms with E-state index in [-0.39, 0.29) is 0 Å². The van der Waals surface area contributed by atoms with Crippen molar-refractivity contribution >= 4 is 6.29 Å². The maximum absolute atomic E-state index is 10.3. The first-order valence-electron chi connectivity index (χ1n) is 12.4. The lowest BCUT2D eigenvalue weighted by Crippen LogP contribution is -1.85. The molecule has 0 rings (SSSR count). The van der Waals surface area contributed by atoms with Gasteiger partial charge in [0.25, 0.3) is 0 Å². The van der Waals surface area contributed by atoms with Crippen LogP contribution in [0, 0.1) is 0 Å². The molecule has 0 aromatic rings. The van der Waals surface area contributed by atoms with E-state index in [4.69, 9.17) is 0 Å². The molecule has 0 aliphatic heterocycles. The van der Waals surface area contributed by atoms with Crippen LogP contribution in [-0.2, 0) is 4.79 Å². The average Bonchev–Trinajstić information content (AvgIpc) is 2.68. The van der Waals surface area contributed by atoms with Gasteiger partial charge in [-0.1, -0.05) is 142 Å². The SMILES string of the molecule is C=C([C]=O)CCCCCCCCCCCCCCCCCCCCCCC. The molecule has 0 heterocycles. The highest BCUT2D eigenvalue weighted by molar-refractivity contribution is 5.72. The zero-order valence-electron chi connectivity index (χ0n) is 18.7. The molecular weight excluding hydrogens is 328 g/mol. The summed E-state index contributed by atoms with van der Waals surface area (Å²) in [5.74, 6) is 0. The van der Waals surface area contributed by atoms with Crippen molar-refractivity contribution in [3.8, 4) is 0 Å². The van der Waals surface area contributed by atoms with Crippen LogP contribution in [0.3, 0.4) is 0 Å². The second-order valence-corrected chi connectivity index (χ2v) is 8.53. The summed E-state index contributed by atoms with van der Waals surface area (Å²) in [6.07, 6.45) is 32.3. The van der Waals surface area contributed by atoms with Crippen molar-refractivity contribution in [2.45, 2.75) is 148 Å². The van der Waals surface area contributed by atoms with Gasteiger partial charge >= 0.3 is 0 Å². The Bertz CT molecular complexity index is 307. The largest absolute Gasteiger partial charge is 0.285 e. The summed E-state index contributed by atoms with van der Waals surface area (Å²) < 4.78 is 0. The van der Waals surface area contributed by atoms with Gasteiger partial charge in [0, 0.05) is 0 Å². The van der Waals surface area contributed by atoms with Gasteiger partial charge in [-0.05, 0) is 18.4 Å². The molecule has 159 valence electrons. The van der Waals surface area contributed by atoms with E-state index >= 15 is 0 Å². The first-order chi connectivity index (χ1) is 13.3. The van der Waals surface area contributed by atoms with Crippen molar-refractivity contribution in [1.82, 2.24) is 0 Å². The Morgan fingerprint density at radius 1 is 0.519 bits per heavy atom. The van der Waals surface area contributed by atoms with E-state index in [0.717, 1.165) is 12.8 Å². The van der Waals surface area contributed by atoms with Gasteiger partial charge in [0.05, 0.1) is 0 Å². The summed E-state index contributed by atoms with van der Waals surface area (Å²) in [6.45, 7) is 5.96. The van der Waals surface area contributed by atoms with Gasteiger partial charge in [0.1, 0.15) is 0 Å². The van der Waals surface area contributed by atoms with Crippen molar-refractivity contribution in [2.24, 2.45) is 0 Å². The molecule has 0 aliphatic rings. The molecule has 0 saturated carbocycles. The molecule has 0 aromatic heterocycles. The molecule has 0 aromatic carbocycles. The average molecular weight is 378 g/mol. The molecule has 0 aliphatic carbocycles. The van der Waals surface area contributed by atoms with Gasteiger partial charge in [-0.2, -0.15) is 0 Å². The van der Waals surface area contributed by atoms with E-state index in [1.165, 1.54) is 128 Å². The third-order valence-corrected chi connectivity index (χ3v) is 5.73. The van der Waals surface area contributed by atoms with E-state index in [9.17, 15) is 4.79 Å². The van der Waals surface area contributed by atoms with E-state index in [0.29, 0.717) is 5.57 Å². The highest BCUT2D eigenvalue weighted by atomic mass is 16.1. The summed E-state index contributed by atoms with van der Waals surface area (Å²) >= 11 is 0. The fraction of sp³-hybridized carbons (Fsp3) is 0.885. The summed E-state index contributed by atoms with van der Waals surface area (Å²) in [5.41, 5.74) is 0.632. The van der Waals surface area contributed by atoms with Gasteiger partial charge in [0.2, 0.25) is 6.29 Å². The van der Waals surface area contributed by atoms with Crippen LogP contribution >= 0.6 is 0 Å². The molecule has 27 heavy (non-hydrogen) atoms. The van der Waals surface area contributed by atoms with Crippen LogP contribution in [0.5, 0.6) is 0 Å². The minimum absolute atomic E-state index is 0.632. The van der Waals surface area contributed by atoms with Gasteiger partial charge in [-0.3, -0.25) is 4.79 Å². The summed E-state index contributed by atoms with van der Waals surface area (Å²) in [6, 6.07) is 0. The number of carbonyl (C=O) groups excluding carboxylic acids is 1. The number of hydrogen-bond acceptors (Lipinski definition) is 1. The molecule has 1 radical (unpaired) electrons. The molecule has 0 atom stereocenters. The Labute approximate surface area is 171 Å². The fourth-order valence-electron chi connectivity index (χ4n) is 3.82. The lowest BCUT2D eigenvalue weighted by atomic mass is 10.0. The molecular formula is C26H49O. The van der Waals surface area contributed by atoms with E-state index in [2.05, 4.69) is 13.5 Å². The summed E-state index contributed by atoms with van der Waals surface area (Å²) in [4.78, 5) is 10.3. The van der Waals surface area contributed by atoms with Crippen molar-refractivity contribution < 1.29 is 4.79 Å². The Hall–Kier alpha value is -0.590. The standard InChI is InChI=1S/C26H49O/c1-3-4-5-6-7-8-9-10-11-12-13-14-15-16-17-18-19-20-21-22-23-24-26(2)25-27/h2-24H2,1H3. The predicted octanol–water partition coefficient (Wildman–Crippen LogP) is 9.25. The number of hydrogen-bond donors (Lipinski definition) is 0. The molecule has 0 N–H and O–H groups in total. The predicted molar refractivity (Wildman–Crippen MR) is 122 cm³/mol. The summed E-state index contributed by atoms with van der Waals surface area (Å²) in [7, 11) is 0. The number of unbranched alkanes of at least 4 members (excludes halogenated alkanes) is 20. The maximum atomic E-state index is 10.3. The highest BCUT2D eigenvalue weighted by Gasteiger charge is 1.96. The second-order valence-electron chi connectivity index (χ2n) is 8.53. The van der Waals surface area contributed by atoms with Gasteiger partial charge in [-0.15, -0.1) is 0 Å². The third kappa shape index (κ3) is 23.4. The van der Waals surface area contributed by atoms with Crippen LogP contribution in [0.15, 0.2) is 12.2 Å². The Morgan fingerprint density at radius 2 is 0.778 bits per heavy atom. The molecule has 0 fully saturated rings. The first-order valence-corrected chi connectivity index (χ1v) is 12.4. The highest BCUT2D eigenvalue weighted by Crippen LogP contribution is 2.15. The minimum Gasteiger partial charge on any atom is -0.285 e. The monoisotopic (exact) mass is 377 g/mol. The van der Waals surface area contributed by atoms with Crippen molar-refractivity contribution in [2.75, 3.05) is 0 Å². The molecule has 0 unspecified atom stereocenters. The molecule has 0 bridgehead atoms. The van der Waals surface area contributed by atoms with Crippen molar-refractivity contribution in [3.05, 3.63) is 12.2 Å². The lowest BCUT2D eigenvalue weighted by Gasteiger charge is -2.04. The minimum atomic E-state index is 0.632. The van der Waals surface area contributed by atoms with Crippen LogP contribution in [0.25, 0.3) is 0 Å². The molecule has 0 amide bonds. The van der Waals surface area contributed by atoms with E-state index in [1.807, 2.05) is 6.29 Å². The van der Waals surface area contributed by atoms with Gasteiger partial charge in [0.15, 0.2) is 0 Å². The van der Waals surface area contributed by atoms with Crippen molar-refractivity contribution in [3.63, 3.8) is 0 Å². The number of rotatable bonds is 23. The second kappa shape index (κ2) is 23.4. The van der Waals surface area contributed by atoms with Gasteiger partial charge in [-0.25, -0.2) is 0 Å². The Kier molecular flexibility index (Phi) is 22.9. The Balaban J connectivity index is 3.01. The molecule has 1 heteroatoms. The topological polar surface area (TPSA) is 17.1 Å². The van der Waals surface area contributed by atoms with E-state index < -0.39 is 0 Å². The van der Waals surface area contributed by atoms with Crippen LogP contribution in [-0.4, -0.2) is 6.29 Å². The van der Waals surface area contributed by atoms with E-state index in [1.54, 1.807) is 0 Å². The van der Waals surface area contributed by atoms with Crippen LogP contribution in [0.4, 0.5) is 0 Å². The molecule has 0 saturated heterocycles.